The van der Waals surface area contributed by atoms with Crippen molar-refractivity contribution in [2.45, 2.75) is 18.0 Å². The fraction of sp³-hybridized carbons (Fsp3) is 0.417. The number of hydrogen-bond donors (Lipinski definition) is 2. The molecule has 0 aliphatic rings. The third-order valence-corrected chi connectivity index (χ3v) is 3.21. The smallest absolute Gasteiger partial charge is 0.405 e. The Bertz CT molecular complexity index is 467. The number of alkyl halides is 3. The molecule has 1 rings (SSSR count). The van der Waals surface area contributed by atoms with Crippen molar-refractivity contribution in [3.8, 4) is 5.75 Å². The third kappa shape index (κ3) is 6.05. The predicted octanol–water partition coefficient (Wildman–Crippen LogP) is 2.44. The fourth-order valence-electron chi connectivity index (χ4n) is 1.29. The zero-order chi connectivity index (χ0) is 15.2. The van der Waals surface area contributed by atoms with E-state index in [0.29, 0.717) is 22.9 Å². The number of carbonyl (C=O) groups is 1. The van der Waals surface area contributed by atoms with E-state index < -0.39 is 18.6 Å². The van der Waals surface area contributed by atoms with Gasteiger partial charge >= 0.3 is 6.18 Å². The second kappa shape index (κ2) is 7.28. The molecule has 0 aliphatic heterocycles. The summed E-state index contributed by atoms with van der Waals surface area (Å²) in [4.78, 5) is 11.9. The first-order valence-electron chi connectivity index (χ1n) is 5.80. The molecule has 0 saturated heterocycles. The summed E-state index contributed by atoms with van der Waals surface area (Å²) >= 11 is 1.06. The maximum absolute atomic E-state index is 11.9. The van der Waals surface area contributed by atoms with E-state index in [1.54, 1.807) is 23.5 Å². The van der Waals surface area contributed by atoms with Crippen molar-refractivity contribution in [3.05, 3.63) is 18.2 Å². The van der Waals surface area contributed by atoms with E-state index in [1.807, 2.05) is 6.92 Å². The molecule has 0 bridgehead atoms. The van der Waals surface area contributed by atoms with Crippen LogP contribution in [-0.4, -0.2) is 31.0 Å². The van der Waals surface area contributed by atoms with Crippen LogP contribution in [0.15, 0.2) is 23.1 Å². The summed E-state index contributed by atoms with van der Waals surface area (Å²) in [6.07, 6.45) is -4.41. The number of nitrogen functional groups attached to an aromatic ring is 1. The minimum Gasteiger partial charge on any atom is -0.494 e. The fourth-order valence-corrected chi connectivity index (χ4v) is 2.11. The van der Waals surface area contributed by atoms with E-state index in [-0.39, 0.29) is 5.75 Å². The third-order valence-electron chi connectivity index (χ3n) is 2.14. The van der Waals surface area contributed by atoms with Crippen LogP contribution in [0.3, 0.4) is 0 Å². The van der Waals surface area contributed by atoms with Crippen molar-refractivity contribution in [3.63, 3.8) is 0 Å². The van der Waals surface area contributed by atoms with Crippen molar-refractivity contribution >= 4 is 23.4 Å². The quantitative estimate of drug-likeness (QED) is 0.626. The molecule has 0 aromatic heterocycles. The first-order valence-corrected chi connectivity index (χ1v) is 6.79. The number of benzene rings is 1. The molecule has 4 nitrogen and oxygen atoms in total. The molecular weight excluding hydrogens is 293 g/mol. The van der Waals surface area contributed by atoms with Crippen LogP contribution in [-0.2, 0) is 4.79 Å². The summed E-state index contributed by atoms with van der Waals surface area (Å²) in [5.41, 5.74) is 6.17. The Balaban J connectivity index is 2.52. The first-order chi connectivity index (χ1) is 9.31. The van der Waals surface area contributed by atoms with E-state index in [4.69, 9.17) is 10.5 Å². The molecule has 3 N–H and O–H groups in total. The molecule has 1 aromatic carbocycles. The maximum atomic E-state index is 11.9. The molecule has 1 amide bonds. The number of thioether (sulfide) groups is 1. The van der Waals surface area contributed by atoms with Crippen LogP contribution in [0.5, 0.6) is 5.75 Å². The summed E-state index contributed by atoms with van der Waals surface area (Å²) in [5, 5.41) is 1.80. The molecule has 8 heteroatoms. The van der Waals surface area contributed by atoms with E-state index in [1.165, 1.54) is 0 Å². The van der Waals surface area contributed by atoms with E-state index >= 15 is 0 Å². The van der Waals surface area contributed by atoms with Crippen molar-refractivity contribution in [2.75, 3.05) is 24.6 Å². The van der Waals surface area contributed by atoms with Crippen LogP contribution in [0.4, 0.5) is 18.9 Å². The number of halogens is 3. The summed E-state index contributed by atoms with van der Waals surface area (Å²) in [6.45, 7) is 0.981. The van der Waals surface area contributed by atoms with Gasteiger partial charge in [-0.2, -0.15) is 13.2 Å². The van der Waals surface area contributed by atoms with Gasteiger partial charge in [0, 0.05) is 10.6 Å². The van der Waals surface area contributed by atoms with Gasteiger partial charge in [-0.3, -0.25) is 4.79 Å². The van der Waals surface area contributed by atoms with E-state index in [2.05, 4.69) is 0 Å². The Labute approximate surface area is 118 Å². The van der Waals surface area contributed by atoms with Gasteiger partial charge in [0.1, 0.15) is 12.3 Å². The molecule has 0 spiro atoms. The minimum atomic E-state index is -4.41. The minimum absolute atomic E-state index is 0.143. The summed E-state index contributed by atoms with van der Waals surface area (Å²) in [7, 11) is 0. The Hall–Kier alpha value is -1.57. The molecule has 20 heavy (non-hydrogen) atoms. The van der Waals surface area contributed by atoms with Gasteiger partial charge in [-0.05, 0) is 25.1 Å². The number of rotatable bonds is 6. The Kier molecular flexibility index (Phi) is 6.00. The number of nitrogens with two attached hydrogens (primary N) is 1. The number of hydrogen-bond acceptors (Lipinski definition) is 4. The predicted molar refractivity (Wildman–Crippen MR) is 71.8 cm³/mol. The number of amides is 1. The lowest BCUT2D eigenvalue weighted by Crippen LogP contribution is -2.34. The lowest BCUT2D eigenvalue weighted by Gasteiger charge is -2.10. The normalized spacial score (nSPS) is 11.2. The van der Waals surface area contributed by atoms with Crippen LogP contribution < -0.4 is 15.8 Å². The van der Waals surface area contributed by atoms with Gasteiger partial charge in [-0.25, -0.2) is 0 Å². The van der Waals surface area contributed by atoms with Gasteiger partial charge in [0.2, 0.25) is 5.91 Å². The molecule has 0 unspecified atom stereocenters. The molecular formula is C12H15F3N2O2S. The van der Waals surface area contributed by atoms with Crippen LogP contribution in [0, 0.1) is 0 Å². The average molecular weight is 308 g/mol. The number of carbonyl (C=O) groups excluding carboxylic acids is 1. The SMILES string of the molecule is CCOc1ccc(N)c(SCC(=O)NCC(F)(F)F)c1. The highest BCUT2D eigenvalue weighted by Crippen LogP contribution is 2.29. The highest BCUT2D eigenvalue weighted by Gasteiger charge is 2.27. The largest absolute Gasteiger partial charge is 0.494 e. The zero-order valence-electron chi connectivity index (χ0n) is 10.8. The Morgan fingerprint density at radius 1 is 1.45 bits per heavy atom. The molecule has 0 fully saturated rings. The number of ether oxygens (including phenoxy) is 1. The first kappa shape index (κ1) is 16.5. The van der Waals surface area contributed by atoms with Gasteiger partial charge in [0.15, 0.2) is 0 Å². The van der Waals surface area contributed by atoms with Gasteiger partial charge in [-0.1, -0.05) is 0 Å². The Morgan fingerprint density at radius 2 is 2.15 bits per heavy atom. The number of anilines is 1. The van der Waals surface area contributed by atoms with Crippen LogP contribution in [0.2, 0.25) is 0 Å². The number of nitrogens with one attached hydrogen (secondary N) is 1. The maximum Gasteiger partial charge on any atom is 0.405 e. The van der Waals surface area contributed by atoms with Crippen molar-refractivity contribution in [2.24, 2.45) is 0 Å². The lowest BCUT2D eigenvalue weighted by molar-refractivity contribution is -0.136. The highest BCUT2D eigenvalue weighted by molar-refractivity contribution is 8.00. The molecule has 0 radical (unpaired) electrons. The van der Waals surface area contributed by atoms with Crippen molar-refractivity contribution in [1.82, 2.24) is 5.32 Å². The second-order valence-corrected chi connectivity index (χ2v) is 4.83. The van der Waals surface area contributed by atoms with Gasteiger partial charge < -0.3 is 15.8 Å². The van der Waals surface area contributed by atoms with Gasteiger partial charge in [-0.15, -0.1) is 11.8 Å². The molecule has 112 valence electrons. The average Bonchev–Trinajstić information content (AvgIpc) is 2.36. The van der Waals surface area contributed by atoms with E-state index in [9.17, 15) is 18.0 Å². The standard InChI is InChI=1S/C12H15F3N2O2S/c1-2-19-8-3-4-9(16)10(5-8)20-6-11(18)17-7-12(13,14)15/h3-5H,2,6-7,16H2,1H3,(H,17,18). The molecule has 0 saturated carbocycles. The van der Waals surface area contributed by atoms with Gasteiger partial charge in [0.25, 0.3) is 0 Å². The van der Waals surface area contributed by atoms with Crippen LogP contribution in [0.25, 0.3) is 0 Å². The zero-order valence-corrected chi connectivity index (χ0v) is 11.6. The van der Waals surface area contributed by atoms with Crippen LogP contribution in [0.1, 0.15) is 6.92 Å². The van der Waals surface area contributed by atoms with Crippen molar-refractivity contribution < 1.29 is 22.7 Å². The second-order valence-electron chi connectivity index (χ2n) is 3.81. The van der Waals surface area contributed by atoms with Gasteiger partial charge in [0.05, 0.1) is 12.4 Å². The summed E-state index contributed by atoms with van der Waals surface area (Å²) < 4.78 is 41.1. The lowest BCUT2D eigenvalue weighted by atomic mass is 10.3. The van der Waals surface area contributed by atoms with Crippen LogP contribution >= 0.6 is 11.8 Å². The highest BCUT2D eigenvalue weighted by atomic mass is 32.2. The van der Waals surface area contributed by atoms with E-state index in [0.717, 1.165) is 11.8 Å². The molecule has 1 aromatic rings. The summed E-state index contributed by atoms with van der Waals surface area (Å²) in [6, 6.07) is 4.97. The summed E-state index contributed by atoms with van der Waals surface area (Å²) in [5.74, 6) is -0.246. The topological polar surface area (TPSA) is 64.3 Å². The van der Waals surface area contributed by atoms with Crippen molar-refractivity contribution in [1.29, 1.82) is 0 Å². The Morgan fingerprint density at radius 3 is 2.75 bits per heavy atom. The molecule has 0 aliphatic carbocycles. The molecule has 0 heterocycles. The molecule has 0 atom stereocenters. The monoisotopic (exact) mass is 308 g/mol.